The van der Waals surface area contributed by atoms with Crippen LogP contribution in [0.5, 0.6) is 5.75 Å². The zero-order valence-corrected chi connectivity index (χ0v) is 8.16. The van der Waals surface area contributed by atoms with Crippen molar-refractivity contribution < 1.29 is 4.74 Å². The first-order valence-electron chi connectivity index (χ1n) is 4.65. The van der Waals surface area contributed by atoms with Gasteiger partial charge in [-0.05, 0) is 17.7 Å². The van der Waals surface area contributed by atoms with Gasteiger partial charge < -0.3 is 9.64 Å². The molecule has 0 fully saturated rings. The van der Waals surface area contributed by atoms with Crippen LogP contribution in [0.2, 0.25) is 0 Å². The van der Waals surface area contributed by atoms with Crippen molar-refractivity contribution in [1.29, 1.82) is 5.26 Å². The number of ether oxygens (including phenoxy) is 1. The summed E-state index contributed by atoms with van der Waals surface area (Å²) in [4.78, 5) is 2.15. The van der Waals surface area contributed by atoms with E-state index in [1.54, 1.807) is 0 Å². The molecule has 0 bridgehead atoms. The summed E-state index contributed by atoms with van der Waals surface area (Å²) in [7, 11) is 2.04. The number of benzene rings is 1. The minimum absolute atomic E-state index is 0.459. The zero-order chi connectivity index (χ0) is 9.97. The molecule has 0 unspecified atom stereocenters. The topological polar surface area (TPSA) is 36.3 Å². The largest absolute Gasteiger partial charge is 0.490 e. The molecule has 0 atom stereocenters. The van der Waals surface area contributed by atoms with E-state index in [2.05, 4.69) is 11.0 Å². The van der Waals surface area contributed by atoms with E-state index in [9.17, 15) is 0 Å². The van der Waals surface area contributed by atoms with Gasteiger partial charge in [-0.15, -0.1) is 0 Å². The number of nitrogens with zero attached hydrogens (tertiary/aromatic N) is 2. The molecule has 1 heterocycles. The maximum absolute atomic E-state index is 8.59. The second-order valence-electron chi connectivity index (χ2n) is 3.41. The van der Waals surface area contributed by atoms with Gasteiger partial charge in [0.05, 0.1) is 24.7 Å². The van der Waals surface area contributed by atoms with E-state index in [0.29, 0.717) is 6.42 Å². The zero-order valence-electron chi connectivity index (χ0n) is 8.16. The number of rotatable bonds is 1. The summed E-state index contributed by atoms with van der Waals surface area (Å²) >= 11 is 0. The van der Waals surface area contributed by atoms with Gasteiger partial charge in [0.1, 0.15) is 12.4 Å². The number of likely N-dealkylation sites (N-methyl/N-ethyl adjacent to an activating group) is 1. The molecule has 0 radical (unpaired) electrons. The second-order valence-corrected chi connectivity index (χ2v) is 3.41. The lowest BCUT2D eigenvalue weighted by Gasteiger charge is -2.27. The Bertz CT molecular complexity index is 381. The van der Waals surface area contributed by atoms with Gasteiger partial charge in [0, 0.05) is 7.05 Å². The Morgan fingerprint density at radius 1 is 1.57 bits per heavy atom. The molecule has 0 amide bonds. The van der Waals surface area contributed by atoms with E-state index >= 15 is 0 Å². The lowest BCUT2D eigenvalue weighted by molar-refractivity contribution is 0.311. The van der Waals surface area contributed by atoms with Crippen molar-refractivity contribution in [2.24, 2.45) is 0 Å². The smallest absolute Gasteiger partial charge is 0.142 e. The predicted molar refractivity (Wildman–Crippen MR) is 54.5 cm³/mol. The van der Waals surface area contributed by atoms with Gasteiger partial charge in [-0.1, -0.05) is 6.07 Å². The Balaban J connectivity index is 2.37. The minimum atomic E-state index is 0.459. The Morgan fingerprint density at radius 3 is 3.21 bits per heavy atom. The van der Waals surface area contributed by atoms with Crippen molar-refractivity contribution in [3.8, 4) is 11.8 Å². The van der Waals surface area contributed by atoms with Crippen LogP contribution in [-0.2, 0) is 6.42 Å². The van der Waals surface area contributed by atoms with Gasteiger partial charge in [0.25, 0.3) is 0 Å². The Kier molecular flexibility index (Phi) is 2.28. The lowest BCUT2D eigenvalue weighted by atomic mass is 10.1. The van der Waals surface area contributed by atoms with Crippen LogP contribution >= 0.6 is 0 Å². The highest BCUT2D eigenvalue weighted by Crippen LogP contribution is 2.31. The Morgan fingerprint density at radius 2 is 2.43 bits per heavy atom. The summed E-state index contributed by atoms with van der Waals surface area (Å²) in [5.74, 6) is 0.917. The second kappa shape index (κ2) is 3.59. The number of nitriles is 1. The first-order chi connectivity index (χ1) is 6.81. The molecule has 1 aromatic rings. The van der Waals surface area contributed by atoms with Crippen molar-refractivity contribution >= 4 is 5.69 Å². The van der Waals surface area contributed by atoms with E-state index in [1.165, 1.54) is 0 Å². The molecule has 3 heteroatoms. The molecule has 1 aliphatic rings. The Labute approximate surface area is 83.5 Å². The van der Waals surface area contributed by atoms with Gasteiger partial charge in [-0.25, -0.2) is 0 Å². The summed E-state index contributed by atoms with van der Waals surface area (Å²) in [5.41, 5.74) is 2.13. The monoisotopic (exact) mass is 188 g/mol. The minimum Gasteiger partial charge on any atom is -0.490 e. The average molecular weight is 188 g/mol. The first kappa shape index (κ1) is 8.89. The highest BCUT2D eigenvalue weighted by molar-refractivity contribution is 5.61. The summed E-state index contributed by atoms with van der Waals surface area (Å²) in [5, 5.41) is 8.59. The summed E-state index contributed by atoms with van der Waals surface area (Å²) in [6.07, 6.45) is 0.459. The fourth-order valence-corrected chi connectivity index (χ4v) is 1.60. The molecule has 2 rings (SSSR count). The highest BCUT2D eigenvalue weighted by Gasteiger charge is 2.14. The van der Waals surface area contributed by atoms with Crippen LogP contribution in [0.25, 0.3) is 0 Å². The van der Waals surface area contributed by atoms with E-state index in [4.69, 9.17) is 10.00 Å². The van der Waals surface area contributed by atoms with Gasteiger partial charge in [0.15, 0.2) is 0 Å². The van der Waals surface area contributed by atoms with Crippen LogP contribution in [-0.4, -0.2) is 20.2 Å². The molecule has 0 aliphatic carbocycles. The average Bonchev–Trinajstić information content (AvgIpc) is 2.20. The molecule has 1 aromatic carbocycles. The van der Waals surface area contributed by atoms with Crippen molar-refractivity contribution in [3.05, 3.63) is 23.8 Å². The molecule has 0 N–H and O–H groups in total. The third kappa shape index (κ3) is 1.51. The predicted octanol–water partition coefficient (Wildman–Crippen LogP) is 1.58. The van der Waals surface area contributed by atoms with Crippen molar-refractivity contribution in [3.63, 3.8) is 0 Å². The third-order valence-corrected chi connectivity index (χ3v) is 2.40. The maximum atomic E-state index is 8.59. The van der Waals surface area contributed by atoms with Crippen LogP contribution in [0.15, 0.2) is 18.2 Å². The van der Waals surface area contributed by atoms with Crippen molar-refractivity contribution in [2.45, 2.75) is 6.42 Å². The fraction of sp³-hybridized carbons (Fsp3) is 0.364. The van der Waals surface area contributed by atoms with Crippen LogP contribution in [0.4, 0.5) is 5.69 Å². The Hall–Kier alpha value is -1.69. The normalized spacial score (nSPS) is 14.1. The van der Waals surface area contributed by atoms with E-state index in [1.807, 2.05) is 25.2 Å². The van der Waals surface area contributed by atoms with Crippen LogP contribution in [0.1, 0.15) is 5.56 Å². The highest BCUT2D eigenvalue weighted by atomic mass is 16.5. The molecular weight excluding hydrogens is 176 g/mol. The quantitative estimate of drug-likeness (QED) is 0.671. The van der Waals surface area contributed by atoms with Crippen LogP contribution in [0.3, 0.4) is 0 Å². The van der Waals surface area contributed by atoms with Crippen LogP contribution in [0, 0.1) is 11.3 Å². The van der Waals surface area contributed by atoms with Gasteiger partial charge >= 0.3 is 0 Å². The molecule has 0 saturated heterocycles. The lowest BCUT2D eigenvalue weighted by Crippen LogP contribution is -2.28. The van der Waals surface area contributed by atoms with Gasteiger partial charge in [-0.2, -0.15) is 5.26 Å². The maximum Gasteiger partial charge on any atom is 0.142 e. The summed E-state index contributed by atoms with van der Waals surface area (Å²) < 4.78 is 5.50. The molecular formula is C11H12N2O. The molecule has 14 heavy (non-hydrogen) atoms. The van der Waals surface area contributed by atoms with Crippen molar-refractivity contribution in [2.75, 3.05) is 25.1 Å². The molecule has 1 aliphatic heterocycles. The summed E-state index contributed by atoms with van der Waals surface area (Å²) in [6.45, 7) is 1.64. The van der Waals surface area contributed by atoms with Crippen molar-refractivity contribution in [1.82, 2.24) is 0 Å². The van der Waals surface area contributed by atoms with Gasteiger partial charge in [-0.3, -0.25) is 0 Å². The first-order valence-corrected chi connectivity index (χ1v) is 4.65. The molecule has 0 saturated carbocycles. The molecule has 72 valence electrons. The molecule has 0 spiro atoms. The number of hydrogen-bond donors (Lipinski definition) is 0. The van der Waals surface area contributed by atoms with E-state index in [0.717, 1.165) is 30.2 Å². The van der Waals surface area contributed by atoms with E-state index in [-0.39, 0.29) is 0 Å². The number of fused-ring (bicyclic) bond motifs is 1. The van der Waals surface area contributed by atoms with E-state index < -0.39 is 0 Å². The molecule has 3 nitrogen and oxygen atoms in total. The molecule has 0 aromatic heterocycles. The van der Waals surface area contributed by atoms with Gasteiger partial charge in [0.2, 0.25) is 0 Å². The SMILES string of the molecule is CN1CCOc2ccc(CC#N)cc21. The van der Waals surface area contributed by atoms with Crippen LogP contribution < -0.4 is 9.64 Å². The number of anilines is 1. The third-order valence-electron chi connectivity index (χ3n) is 2.40. The fourth-order valence-electron chi connectivity index (χ4n) is 1.60. The summed E-state index contributed by atoms with van der Waals surface area (Å²) in [6, 6.07) is 8.06. The standard InChI is InChI=1S/C11H12N2O/c1-13-6-7-14-11-3-2-9(4-5-12)8-10(11)13/h2-3,8H,4,6-7H2,1H3. The number of hydrogen-bond acceptors (Lipinski definition) is 3.